The van der Waals surface area contributed by atoms with Crippen molar-refractivity contribution in [3.8, 4) is 23.0 Å². The summed E-state index contributed by atoms with van der Waals surface area (Å²) in [7, 11) is 1.53. The van der Waals surface area contributed by atoms with Crippen LogP contribution in [0.25, 0.3) is 6.08 Å². The average Bonchev–Trinajstić information content (AvgIpc) is 2.82. The van der Waals surface area contributed by atoms with Gasteiger partial charge in [-0.25, -0.2) is 0 Å². The van der Waals surface area contributed by atoms with E-state index in [1.54, 1.807) is 48.6 Å². The Morgan fingerprint density at radius 2 is 1.70 bits per heavy atom. The Kier molecular flexibility index (Phi) is 8.49. The molecule has 0 saturated carbocycles. The van der Waals surface area contributed by atoms with Crippen LogP contribution in [0.2, 0.25) is 0 Å². The van der Waals surface area contributed by atoms with Gasteiger partial charge in [-0.15, -0.1) is 0 Å². The number of hydrogen-bond donors (Lipinski definition) is 1. The molecule has 0 aliphatic carbocycles. The van der Waals surface area contributed by atoms with E-state index in [0.29, 0.717) is 41.8 Å². The number of hydrogen-bond acceptors (Lipinski definition) is 6. The number of carbonyl (C=O) groups excluding carboxylic acids is 1. The molecule has 172 valence electrons. The molecule has 0 amide bonds. The minimum atomic E-state index is -0.927. The summed E-state index contributed by atoms with van der Waals surface area (Å²) in [5, 5.41) is 10.9. The molecule has 3 aromatic rings. The first-order valence-electron chi connectivity index (χ1n) is 10.7. The van der Waals surface area contributed by atoms with Crippen LogP contribution >= 0.6 is 0 Å². The highest BCUT2D eigenvalue weighted by molar-refractivity contribution is 5.70. The molecule has 0 spiro atoms. The number of methoxy groups -OCH3 is 1. The van der Waals surface area contributed by atoms with Crippen molar-refractivity contribution < 1.29 is 28.8 Å². The number of benzene rings is 3. The van der Waals surface area contributed by atoms with Gasteiger partial charge >= 0.3 is 5.97 Å². The Morgan fingerprint density at radius 3 is 2.39 bits per heavy atom. The van der Waals surface area contributed by atoms with Crippen LogP contribution in [0.4, 0.5) is 0 Å². The van der Waals surface area contributed by atoms with Crippen molar-refractivity contribution >= 4 is 12.0 Å². The molecule has 1 unspecified atom stereocenters. The highest BCUT2D eigenvalue weighted by Crippen LogP contribution is 2.33. The van der Waals surface area contributed by atoms with Crippen LogP contribution in [0, 0.1) is 0 Å². The molecule has 3 rings (SSSR count). The van der Waals surface area contributed by atoms with Crippen LogP contribution in [0.15, 0.2) is 72.8 Å². The lowest BCUT2D eigenvalue weighted by Gasteiger charge is -2.16. The van der Waals surface area contributed by atoms with Crippen LogP contribution in [-0.4, -0.2) is 24.8 Å². The molecule has 0 aliphatic heterocycles. The first kappa shape index (κ1) is 23.9. The quantitative estimate of drug-likeness (QED) is 0.333. The smallest absolute Gasteiger partial charge is 0.308 e. The normalized spacial score (nSPS) is 11.8. The lowest BCUT2D eigenvalue weighted by molar-refractivity contribution is -0.131. The number of carbonyl (C=O) groups is 1. The maximum Gasteiger partial charge on any atom is 0.308 e. The molecule has 1 N–H and O–H groups in total. The van der Waals surface area contributed by atoms with Crippen LogP contribution < -0.4 is 18.9 Å². The monoisotopic (exact) mass is 448 g/mol. The Hall–Kier alpha value is -3.77. The van der Waals surface area contributed by atoms with E-state index in [-0.39, 0.29) is 0 Å². The number of rotatable bonds is 10. The highest BCUT2D eigenvalue weighted by atomic mass is 16.5. The fourth-order valence-electron chi connectivity index (χ4n) is 3.23. The molecule has 33 heavy (non-hydrogen) atoms. The first-order valence-corrected chi connectivity index (χ1v) is 10.7. The summed E-state index contributed by atoms with van der Waals surface area (Å²) in [5.74, 6) is 1.71. The van der Waals surface area contributed by atoms with Crippen molar-refractivity contribution in [2.75, 3.05) is 13.7 Å². The summed E-state index contributed by atoms with van der Waals surface area (Å²) in [6, 6.07) is 20.2. The van der Waals surface area contributed by atoms with Gasteiger partial charge in [0.25, 0.3) is 0 Å². The summed E-state index contributed by atoms with van der Waals surface area (Å²) < 4.78 is 22.1. The maximum absolute atomic E-state index is 11.2. The number of ether oxygens (including phenoxy) is 4. The average molecular weight is 449 g/mol. The molecule has 1 atom stereocenters. The molecular formula is C27H28O6. The van der Waals surface area contributed by atoms with Crippen LogP contribution in [-0.2, 0) is 11.4 Å². The number of esters is 1. The molecule has 0 aliphatic rings. The van der Waals surface area contributed by atoms with E-state index >= 15 is 0 Å². The summed E-state index contributed by atoms with van der Waals surface area (Å²) in [4.78, 5) is 11.2. The van der Waals surface area contributed by atoms with Gasteiger partial charge in [0.05, 0.1) is 13.7 Å². The molecule has 3 aromatic carbocycles. The second kappa shape index (κ2) is 11.7. The van der Waals surface area contributed by atoms with E-state index in [9.17, 15) is 9.90 Å². The number of aliphatic hydroxyl groups is 1. The van der Waals surface area contributed by atoms with E-state index in [4.69, 9.17) is 18.9 Å². The molecule has 0 radical (unpaired) electrons. The second-order valence-electron chi connectivity index (χ2n) is 7.21. The third kappa shape index (κ3) is 6.85. The number of aliphatic hydroxyl groups excluding tert-OH is 1. The molecule has 0 fully saturated rings. The van der Waals surface area contributed by atoms with Gasteiger partial charge in [-0.3, -0.25) is 4.79 Å². The van der Waals surface area contributed by atoms with Crippen molar-refractivity contribution in [2.45, 2.75) is 26.6 Å². The second-order valence-corrected chi connectivity index (χ2v) is 7.21. The van der Waals surface area contributed by atoms with Gasteiger partial charge in [0.2, 0.25) is 0 Å². The summed E-state index contributed by atoms with van der Waals surface area (Å²) in [6.45, 7) is 4.15. The lowest BCUT2D eigenvalue weighted by atomic mass is 10.1. The minimum Gasteiger partial charge on any atom is -0.496 e. The van der Waals surface area contributed by atoms with E-state index in [1.807, 2.05) is 37.3 Å². The molecular weight excluding hydrogens is 420 g/mol. The minimum absolute atomic E-state index is 0.366. The van der Waals surface area contributed by atoms with Crippen molar-refractivity contribution in [1.82, 2.24) is 0 Å². The molecule has 0 heterocycles. The van der Waals surface area contributed by atoms with Crippen LogP contribution in [0.1, 0.15) is 36.6 Å². The predicted octanol–water partition coefficient (Wildman–Crippen LogP) is 5.35. The third-order valence-electron chi connectivity index (χ3n) is 4.78. The zero-order valence-corrected chi connectivity index (χ0v) is 19.0. The van der Waals surface area contributed by atoms with Gasteiger partial charge in [0.15, 0.2) is 0 Å². The molecule has 6 nitrogen and oxygen atoms in total. The zero-order chi connectivity index (χ0) is 23.6. The molecule has 0 aromatic heterocycles. The summed E-state index contributed by atoms with van der Waals surface area (Å²) in [6.07, 6.45) is 2.47. The molecule has 0 saturated heterocycles. The van der Waals surface area contributed by atoms with Gasteiger partial charge in [-0.1, -0.05) is 42.5 Å². The van der Waals surface area contributed by atoms with Crippen molar-refractivity contribution in [2.24, 2.45) is 0 Å². The predicted molar refractivity (Wildman–Crippen MR) is 127 cm³/mol. The Morgan fingerprint density at radius 1 is 0.970 bits per heavy atom. The Balaban J connectivity index is 1.82. The summed E-state index contributed by atoms with van der Waals surface area (Å²) >= 11 is 0. The van der Waals surface area contributed by atoms with E-state index in [0.717, 1.165) is 11.1 Å². The van der Waals surface area contributed by atoms with E-state index in [2.05, 4.69) is 0 Å². The zero-order valence-electron chi connectivity index (χ0n) is 19.0. The fourth-order valence-corrected chi connectivity index (χ4v) is 3.23. The maximum atomic E-state index is 11.2. The van der Waals surface area contributed by atoms with E-state index in [1.165, 1.54) is 14.0 Å². The van der Waals surface area contributed by atoms with Gasteiger partial charge in [-0.05, 0) is 36.8 Å². The summed E-state index contributed by atoms with van der Waals surface area (Å²) in [5.41, 5.74) is 2.36. The highest BCUT2D eigenvalue weighted by Gasteiger charge is 2.14. The first-order chi connectivity index (χ1) is 16.0. The van der Waals surface area contributed by atoms with Crippen molar-refractivity contribution in [1.29, 1.82) is 0 Å². The third-order valence-corrected chi connectivity index (χ3v) is 4.78. The Bertz CT molecular complexity index is 1090. The van der Waals surface area contributed by atoms with Crippen molar-refractivity contribution in [3.05, 3.63) is 89.5 Å². The van der Waals surface area contributed by atoms with Gasteiger partial charge in [0, 0.05) is 30.2 Å². The SMILES string of the molecule is CCOc1ccc(C(O)C=Cc2ccc(OC(C)=O)cc2OC)c(OCc2ccccc2)c1. The topological polar surface area (TPSA) is 74.2 Å². The standard InChI is InChI=1S/C27H28O6/c1-4-31-22-13-14-24(27(16-22)32-18-20-8-6-5-7-9-20)25(29)15-11-21-10-12-23(33-19(2)28)17-26(21)30-3/h5-17,25,29H,4,18H2,1-3H3. The van der Waals surface area contributed by atoms with Crippen LogP contribution in [0.5, 0.6) is 23.0 Å². The molecule has 0 bridgehead atoms. The lowest BCUT2D eigenvalue weighted by Crippen LogP contribution is -2.03. The van der Waals surface area contributed by atoms with E-state index < -0.39 is 12.1 Å². The fraction of sp³-hybridized carbons (Fsp3) is 0.222. The molecule has 6 heteroatoms. The van der Waals surface area contributed by atoms with Crippen molar-refractivity contribution in [3.63, 3.8) is 0 Å². The Labute approximate surface area is 194 Å². The largest absolute Gasteiger partial charge is 0.496 e. The van der Waals surface area contributed by atoms with Crippen LogP contribution in [0.3, 0.4) is 0 Å². The van der Waals surface area contributed by atoms with Gasteiger partial charge in [-0.2, -0.15) is 0 Å². The van der Waals surface area contributed by atoms with Gasteiger partial charge in [0.1, 0.15) is 35.7 Å². The van der Waals surface area contributed by atoms with Gasteiger partial charge < -0.3 is 24.1 Å².